The smallest absolute Gasteiger partial charge is 0.0384 e. The summed E-state index contributed by atoms with van der Waals surface area (Å²) in [5.41, 5.74) is 7.02. The molecule has 0 aliphatic heterocycles. The molecule has 0 aliphatic rings. The van der Waals surface area contributed by atoms with E-state index in [0.29, 0.717) is 0 Å². The largest absolute Gasteiger partial charge is 0.356 e. The molecule has 0 radical (unpaired) electrons. The summed E-state index contributed by atoms with van der Waals surface area (Å²) in [7, 11) is 0. The predicted molar refractivity (Wildman–Crippen MR) is 114 cm³/mol. The molecule has 130 valence electrons. The van der Waals surface area contributed by atoms with E-state index in [1.165, 1.54) is 0 Å². The highest BCUT2D eigenvalue weighted by Gasteiger charge is 1.97. The summed E-state index contributed by atoms with van der Waals surface area (Å²) in [6.07, 6.45) is 9.65. The molecule has 0 aliphatic carbocycles. The van der Waals surface area contributed by atoms with E-state index in [9.17, 15) is 0 Å². The minimum absolute atomic E-state index is 0.826. The molecule has 0 atom stereocenters. The number of hydrogen-bond acceptors (Lipinski definition) is 2. The second kappa shape index (κ2) is 10.1. The molecule has 1 N–H and O–H groups in total. The zero-order valence-corrected chi connectivity index (χ0v) is 15.8. The van der Waals surface area contributed by atoms with E-state index in [2.05, 4.69) is 49.1 Å². The van der Waals surface area contributed by atoms with Crippen molar-refractivity contribution in [1.82, 2.24) is 0 Å². The Balaban J connectivity index is 2.76. The molecule has 0 amide bonds. The summed E-state index contributed by atoms with van der Waals surface area (Å²) >= 11 is 0. The third-order valence-electron chi connectivity index (χ3n) is 3.29. The number of anilines is 1. The van der Waals surface area contributed by atoms with Gasteiger partial charge in [0.1, 0.15) is 0 Å². The van der Waals surface area contributed by atoms with Crippen LogP contribution in [-0.4, -0.2) is 5.71 Å². The zero-order valence-electron chi connectivity index (χ0n) is 15.8. The van der Waals surface area contributed by atoms with Gasteiger partial charge in [0.15, 0.2) is 0 Å². The van der Waals surface area contributed by atoms with E-state index in [-0.39, 0.29) is 0 Å². The normalized spacial score (nSPS) is 12.6. The van der Waals surface area contributed by atoms with Crippen LogP contribution >= 0.6 is 0 Å². The number of allylic oxidation sites excluding steroid dienone is 7. The van der Waals surface area contributed by atoms with Gasteiger partial charge in [0, 0.05) is 23.3 Å². The number of benzene rings is 1. The lowest BCUT2D eigenvalue weighted by Crippen LogP contribution is -1.95. The Hall–Kier alpha value is -2.87. The predicted octanol–water partition coefficient (Wildman–Crippen LogP) is 6.70. The number of hydrogen-bond donors (Lipinski definition) is 1. The number of nitrogens with zero attached hydrogens (tertiary/aromatic N) is 1. The van der Waals surface area contributed by atoms with Crippen LogP contribution in [0, 0.1) is 0 Å². The summed E-state index contributed by atoms with van der Waals surface area (Å²) < 4.78 is 0. The third-order valence-corrected chi connectivity index (χ3v) is 3.29. The number of nitrogens with one attached hydrogen (secondary N) is 1. The molecule has 0 saturated carbocycles. The second-order valence-electron chi connectivity index (χ2n) is 6.17. The van der Waals surface area contributed by atoms with Gasteiger partial charge in [-0.3, -0.25) is 4.99 Å². The maximum atomic E-state index is 4.46. The van der Waals surface area contributed by atoms with Crippen LogP contribution in [0.15, 0.2) is 96.3 Å². The molecular formula is C23H28N2. The van der Waals surface area contributed by atoms with Crippen molar-refractivity contribution in [3.63, 3.8) is 0 Å². The molecule has 0 spiro atoms. The van der Waals surface area contributed by atoms with Crippen molar-refractivity contribution in [1.29, 1.82) is 0 Å². The Labute approximate surface area is 152 Å². The van der Waals surface area contributed by atoms with Gasteiger partial charge in [-0.25, -0.2) is 0 Å². The van der Waals surface area contributed by atoms with Gasteiger partial charge < -0.3 is 5.32 Å². The maximum Gasteiger partial charge on any atom is 0.0384 e. The van der Waals surface area contributed by atoms with Crippen molar-refractivity contribution >= 4 is 17.0 Å². The maximum absolute atomic E-state index is 4.46. The molecule has 0 saturated heterocycles. The molecule has 0 unspecified atom stereocenters. The van der Waals surface area contributed by atoms with Gasteiger partial charge in [0.05, 0.1) is 0 Å². The monoisotopic (exact) mass is 332 g/mol. The first kappa shape index (κ1) is 20.2. The van der Waals surface area contributed by atoms with Crippen LogP contribution < -0.4 is 5.32 Å². The van der Waals surface area contributed by atoms with Crippen LogP contribution in [0.25, 0.3) is 5.57 Å². The van der Waals surface area contributed by atoms with E-state index in [0.717, 1.165) is 39.4 Å². The fourth-order valence-electron chi connectivity index (χ4n) is 1.87. The lowest BCUT2D eigenvalue weighted by molar-refractivity contribution is 1.44. The molecule has 0 bridgehead atoms. The molecular weight excluding hydrogens is 304 g/mol. The highest BCUT2D eigenvalue weighted by atomic mass is 14.9. The van der Waals surface area contributed by atoms with Crippen LogP contribution in [-0.2, 0) is 0 Å². The van der Waals surface area contributed by atoms with E-state index in [4.69, 9.17) is 0 Å². The number of aliphatic imine (C=N–C) groups is 1. The third kappa shape index (κ3) is 8.52. The summed E-state index contributed by atoms with van der Waals surface area (Å²) in [4.78, 5) is 4.46. The fraction of sp³-hybridized carbons (Fsp3) is 0.174. The van der Waals surface area contributed by atoms with Gasteiger partial charge in [-0.1, -0.05) is 55.2 Å². The topological polar surface area (TPSA) is 24.4 Å². The molecule has 1 aromatic carbocycles. The molecule has 1 rings (SSSR count). The van der Waals surface area contributed by atoms with E-state index in [1.807, 2.05) is 63.4 Å². The lowest BCUT2D eigenvalue weighted by Gasteiger charge is -2.07. The van der Waals surface area contributed by atoms with Crippen molar-refractivity contribution in [2.75, 3.05) is 5.32 Å². The van der Waals surface area contributed by atoms with Gasteiger partial charge in [0.2, 0.25) is 0 Å². The molecule has 2 heteroatoms. The first-order valence-corrected chi connectivity index (χ1v) is 8.22. The van der Waals surface area contributed by atoms with Gasteiger partial charge in [-0.2, -0.15) is 0 Å². The molecule has 0 fully saturated rings. The highest BCUT2D eigenvalue weighted by molar-refractivity contribution is 5.94. The average Bonchev–Trinajstić information content (AvgIpc) is 2.56. The second-order valence-corrected chi connectivity index (χ2v) is 6.17. The first-order valence-electron chi connectivity index (χ1n) is 8.22. The first-order chi connectivity index (χ1) is 11.8. The Morgan fingerprint density at radius 3 is 1.96 bits per heavy atom. The van der Waals surface area contributed by atoms with Crippen molar-refractivity contribution in [2.45, 2.75) is 27.7 Å². The lowest BCUT2D eigenvalue weighted by atomic mass is 10.1. The fourth-order valence-corrected chi connectivity index (χ4v) is 1.87. The van der Waals surface area contributed by atoms with Crippen LogP contribution in [0.1, 0.15) is 33.3 Å². The Morgan fingerprint density at radius 2 is 1.40 bits per heavy atom. The molecule has 25 heavy (non-hydrogen) atoms. The van der Waals surface area contributed by atoms with E-state index in [1.54, 1.807) is 0 Å². The van der Waals surface area contributed by atoms with Gasteiger partial charge in [0.25, 0.3) is 0 Å². The summed E-state index contributed by atoms with van der Waals surface area (Å²) in [5.74, 6) is 0. The summed E-state index contributed by atoms with van der Waals surface area (Å²) in [6.45, 7) is 19.6. The Bertz CT molecular complexity index is 754. The number of rotatable bonds is 8. The standard InChI is InChI=1S/C23H28N2/c1-17(2)8-10-20(6)24-16-19(5)22-12-14-23(15-13-22)25-21(7)11-9-18(3)4/h8-16,25H,1,3,7H2,2,4-6H3/b10-8-,11-9-,19-16+,24-20-. The van der Waals surface area contributed by atoms with Gasteiger partial charge in [-0.05, 0) is 63.1 Å². The van der Waals surface area contributed by atoms with Crippen LogP contribution in [0.2, 0.25) is 0 Å². The van der Waals surface area contributed by atoms with Crippen molar-refractivity contribution in [2.24, 2.45) is 4.99 Å². The Kier molecular flexibility index (Phi) is 8.14. The highest BCUT2D eigenvalue weighted by Crippen LogP contribution is 2.18. The molecule has 0 aromatic heterocycles. The average molecular weight is 332 g/mol. The quantitative estimate of drug-likeness (QED) is 0.416. The minimum Gasteiger partial charge on any atom is -0.356 e. The van der Waals surface area contributed by atoms with Crippen LogP contribution in [0.4, 0.5) is 5.69 Å². The molecule has 2 nitrogen and oxygen atoms in total. The summed E-state index contributed by atoms with van der Waals surface area (Å²) in [5, 5.41) is 3.25. The van der Waals surface area contributed by atoms with Gasteiger partial charge >= 0.3 is 0 Å². The van der Waals surface area contributed by atoms with Crippen molar-refractivity contribution in [3.8, 4) is 0 Å². The van der Waals surface area contributed by atoms with E-state index < -0.39 is 0 Å². The van der Waals surface area contributed by atoms with E-state index >= 15 is 0 Å². The molecule has 0 heterocycles. The molecule has 1 aromatic rings. The SMILES string of the molecule is C=C(C)/C=C\C(=C)Nc1ccc(/C(C)=C/N=C(C)\C=C/C(=C)C)cc1. The Morgan fingerprint density at radius 1 is 0.840 bits per heavy atom. The minimum atomic E-state index is 0.826. The van der Waals surface area contributed by atoms with Crippen molar-refractivity contribution < 1.29 is 0 Å². The van der Waals surface area contributed by atoms with Crippen LogP contribution in [0.5, 0.6) is 0 Å². The van der Waals surface area contributed by atoms with Crippen molar-refractivity contribution in [3.05, 3.63) is 96.9 Å². The zero-order chi connectivity index (χ0) is 18.8. The summed E-state index contributed by atoms with van der Waals surface area (Å²) in [6, 6.07) is 8.20. The van der Waals surface area contributed by atoms with Gasteiger partial charge in [-0.15, -0.1) is 0 Å². The van der Waals surface area contributed by atoms with Crippen LogP contribution in [0.3, 0.4) is 0 Å².